The molecule has 0 aromatic carbocycles. The molecule has 0 saturated carbocycles. The fourth-order valence-electron chi connectivity index (χ4n) is 1.50. The van der Waals surface area contributed by atoms with Crippen molar-refractivity contribution in [1.82, 2.24) is 9.80 Å². The Labute approximate surface area is 77.6 Å². The molecule has 1 aliphatic rings. The molecule has 2 N–H and O–H groups in total. The maximum absolute atomic E-state index is 10.4. The predicted octanol–water partition coefficient (Wildman–Crippen LogP) is -1.32. The summed E-state index contributed by atoms with van der Waals surface area (Å²) in [6.07, 6.45) is 0. The molecule has 13 heavy (non-hydrogen) atoms. The number of carbonyl (C=O) groups is 1. The van der Waals surface area contributed by atoms with Gasteiger partial charge in [-0.25, -0.2) is 0 Å². The summed E-state index contributed by atoms with van der Waals surface area (Å²) in [5.41, 5.74) is 0. The number of hydrogen-bond acceptors (Lipinski definition) is 4. The maximum Gasteiger partial charge on any atom is 0.317 e. The largest absolute Gasteiger partial charge is 0.480 e. The van der Waals surface area contributed by atoms with Crippen molar-refractivity contribution in [2.24, 2.45) is 0 Å². The number of piperazine rings is 1. The predicted molar refractivity (Wildman–Crippen MR) is 47.6 cm³/mol. The van der Waals surface area contributed by atoms with E-state index in [2.05, 4.69) is 4.90 Å². The zero-order valence-corrected chi connectivity index (χ0v) is 7.65. The van der Waals surface area contributed by atoms with Crippen LogP contribution in [0.15, 0.2) is 0 Å². The number of aliphatic hydroxyl groups is 1. The van der Waals surface area contributed by atoms with Gasteiger partial charge in [0, 0.05) is 32.7 Å². The van der Waals surface area contributed by atoms with Gasteiger partial charge in [-0.1, -0.05) is 0 Å². The van der Waals surface area contributed by atoms with Crippen LogP contribution in [0.4, 0.5) is 0 Å². The van der Waals surface area contributed by atoms with E-state index >= 15 is 0 Å². The van der Waals surface area contributed by atoms with Gasteiger partial charge in [-0.15, -0.1) is 0 Å². The van der Waals surface area contributed by atoms with Gasteiger partial charge in [0.15, 0.2) is 0 Å². The number of aliphatic hydroxyl groups excluding tert-OH is 1. The number of rotatable bonds is 4. The van der Waals surface area contributed by atoms with Gasteiger partial charge in [-0.2, -0.15) is 0 Å². The van der Waals surface area contributed by atoms with Crippen molar-refractivity contribution < 1.29 is 15.0 Å². The molecule has 0 aromatic rings. The lowest BCUT2D eigenvalue weighted by atomic mass is 10.3. The minimum atomic E-state index is -0.768. The number of nitrogens with zero attached hydrogens (tertiary/aromatic N) is 2. The van der Waals surface area contributed by atoms with Crippen molar-refractivity contribution in [2.45, 2.75) is 0 Å². The highest BCUT2D eigenvalue weighted by atomic mass is 16.4. The van der Waals surface area contributed by atoms with Crippen LogP contribution in [0.5, 0.6) is 0 Å². The summed E-state index contributed by atoms with van der Waals surface area (Å²) < 4.78 is 0. The molecule has 1 rings (SSSR count). The molecule has 1 saturated heterocycles. The first-order chi connectivity index (χ1) is 6.22. The summed E-state index contributed by atoms with van der Waals surface area (Å²) in [7, 11) is 0. The molecule has 0 spiro atoms. The zero-order valence-electron chi connectivity index (χ0n) is 7.65. The summed E-state index contributed by atoms with van der Waals surface area (Å²) >= 11 is 0. The molecule has 5 nitrogen and oxygen atoms in total. The van der Waals surface area contributed by atoms with Crippen LogP contribution in [0.3, 0.4) is 0 Å². The van der Waals surface area contributed by atoms with Gasteiger partial charge in [-0.3, -0.25) is 14.6 Å². The maximum atomic E-state index is 10.4. The molecule has 0 amide bonds. The van der Waals surface area contributed by atoms with Crippen LogP contribution in [0.25, 0.3) is 0 Å². The van der Waals surface area contributed by atoms with Crippen LogP contribution in [0.2, 0.25) is 0 Å². The third-order valence-corrected chi connectivity index (χ3v) is 2.24. The molecule has 0 bridgehead atoms. The molecular weight excluding hydrogens is 172 g/mol. The molecular formula is C8H16N2O3. The molecule has 5 heteroatoms. The lowest BCUT2D eigenvalue weighted by Crippen LogP contribution is -2.48. The van der Waals surface area contributed by atoms with Crippen LogP contribution in [-0.4, -0.2) is 71.9 Å². The molecule has 76 valence electrons. The second-order valence-electron chi connectivity index (χ2n) is 3.24. The fraction of sp³-hybridized carbons (Fsp3) is 0.875. The molecule has 1 fully saturated rings. The number of carboxylic acids is 1. The lowest BCUT2D eigenvalue weighted by molar-refractivity contribution is -0.138. The van der Waals surface area contributed by atoms with E-state index < -0.39 is 5.97 Å². The van der Waals surface area contributed by atoms with Gasteiger partial charge >= 0.3 is 5.97 Å². The van der Waals surface area contributed by atoms with E-state index in [0.29, 0.717) is 6.54 Å². The highest BCUT2D eigenvalue weighted by Crippen LogP contribution is 2.00. The number of hydrogen-bond donors (Lipinski definition) is 2. The third kappa shape index (κ3) is 3.71. The van der Waals surface area contributed by atoms with E-state index in [0.717, 1.165) is 26.2 Å². The Morgan fingerprint density at radius 1 is 1.15 bits per heavy atom. The molecule has 0 aliphatic carbocycles. The summed E-state index contributed by atoms with van der Waals surface area (Å²) in [6, 6.07) is 0. The summed E-state index contributed by atoms with van der Waals surface area (Å²) in [5.74, 6) is -0.768. The molecule has 1 heterocycles. The highest BCUT2D eigenvalue weighted by molar-refractivity contribution is 5.69. The van der Waals surface area contributed by atoms with E-state index in [9.17, 15) is 4.79 Å². The van der Waals surface area contributed by atoms with Crippen molar-refractivity contribution in [1.29, 1.82) is 0 Å². The Bertz CT molecular complexity index is 167. The Morgan fingerprint density at radius 3 is 2.15 bits per heavy atom. The Morgan fingerprint density at radius 2 is 1.69 bits per heavy atom. The third-order valence-electron chi connectivity index (χ3n) is 2.24. The summed E-state index contributed by atoms with van der Waals surface area (Å²) in [6.45, 7) is 4.28. The molecule has 1 aliphatic heterocycles. The molecule has 0 atom stereocenters. The van der Waals surface area contributed by atoms with Crippen molar-refractivity contribution in [3.63, 3.8) is 0 Å². The standard InChI is InChI=1S/C8H16N2O3/c11-6-5-9-1-3-10(4-2-9)7-8(12)13/h11H,1-7H2,(H,12,13). The van der Waals surface area contributed by atoms with Crippen molar-refractivity contribution >= 4 is 5.97 Å². The first kappa shape index (κ1) is 10.4. The van der Waals surface area contributed by atoms with E-state index in [1.807, 2.05) is 4.90 Å². The molecule has 0 unspecified atom stereocenters. The van der Waals surface area contributed by atoms with Gasteiger partial charge in [0.05, 0.1) is 13.2 Å². The van der Waals surface area contributed by atoms with Crippen LogP contribution >= 0.6 is 0 Å². The lowest BCUT2D eigenvalue weighted by Gasteiger charge is -2.33. The SMILES string of the molecule is O=C(O)CN1CCN(CCO)CC1. The smallest absolute Gasteiger partial charge is 0.317 e. The second kappa shape index (κ2) is 5.16. The average molecular weight is 188 g/mol. The normalized spacial score (nSPS) is 20.4. The van der Waals surface area contributed by atoms with Crippen molar-refractivity contribution in [3.8, 4) is 0 Å². The number of carboxylic acid groups (broad SMARTS) is 1. The van der Waals surface area contributed by atoms with Gasteiger partial charge in [0.25, 0.3) is 0 Å². The van der Waals surface area contributed by atoms with Crippen molar-refractivity contribution in [3.05, 3.63) is 0 Å². The van der Waals surface area contributed by atoms with Gasteiger partial charge in [0.2, 0.25) is 0 Å². The van der Waals surface area contributed by atoms with E-state index in [1.165, 1.54) is 0 Å². The summed E-state index contributed by atoms with van der Waals surface area (Å²) in [4.78, 5) is 14.4. The van der Waals surface area contributed by atoms with Crippen LogP contribution in [0.1, 0.15) is 0 Å². The monoisotopic (exact) mass is 188 g/mol. The molecule has 0 aromatic heterocycles. The first-order valence-corrected chi connectivity index (χ1v) is 4.49. The van der Waals surface area contributed by atoms with Crippen molar-refractivity contribution in [2.75, 3.05) is 45.9 Å². The van der Waals surface area contributed by atoms with Crippen LogP contribution < -0.4 is 0 Å². The topological polar surface area (TPSA) is 64.0 Å². The van der Waals surface area contributed by atoms with Gasteiger partial charge in [0.1, 0.15) is 0 Å². The van der Waals surface area contributed by atoms with Gasteiger partial charge in [-0.05, 0) is 0 Å². The average Bonchev–Trinajstić information content (AvgIpc) is 2.08. The highest BCUT2D eigenvalue weighted by Gasteiger charge is 2.17. The minimum absolute atomic E-state index is 0.132. The fourth-order valence-corrected chi connectivity index (χ4v) is 1.50. The second-order valence-corrected chi connectivity index (χ2v) is 3.24. The first-order valence-electron chi connectivity index (χ1n) is 4.49. The number of β-amino-alcohol motifs (C(OH)–C–C–N with tert-alkyl or cyclic N) is 1. The Hall–Kier alpha value is -0.650. The Balaban J connectivity index is 2.18. The summed E-state index contributed by atoms with van der Waals surface area (Å²) in [5, 5.41) is 17.2. The zero-order chi connectivity index (χ0) is 9.68. The number of aliphatic carboxylic acids is 1. The minimum Gasteiger partial charge on any atom is -0.480 e. The molecule has 0 radical (unpaired) electrons. The van der Waals surface area contributed by atoms with Crippen LogP contribution in [-0.2, 0) is 4.79 Å². The van der Waals surface area contributed by atoms with E-state index in [4.69, 9.17) is 10.2 Å². The van der Waals surface area contributed by atoms with Crippen LogP contribution in [0, 0.1) is 0 Å². The quantitative estimate of drug-likeness (QED) is 0.573. The van der Waals surface area contributed by atoms with E-state index in [-0.39, 0.29) is 13.2 Å². The Kier molecular flexibility index (Phi) is 4.14. The van der Waals surface area contributed by atoms with Gasteiger partial charge < -0.3 is 10.2 Å². The van der Waals surface area contributed by atoms with E-state index in [1.54, 1.807) is 0 Å².